The average Bonchev–Trinajstić information content (AvgIpc) is 2.35. The smallest absolute Gasteiger partial charge is 0.0810 e. The maximum atomic E-state index is 9.12. The Morgan fingerprint density at radius 3 is 2.35 bits per heavy atom. The normalized spacial score (nSPS) is 11.9. The van der Waals surface area contributed by atoms with Crippen LogP contribution in [0.4, 0.5) is 0 Å². The van der Waals surface area contributed by atoms with E-state index in [0.717, 1.165) is 24.8 Å². The second-order valence-corrected chi connectivity index (χ2v) is 3.82. The average molecular weight is 417 g/mol. The molecule has 2 N–H and O–H groups in total. The number of unbranched alkanes of at least 4 members (excludes halogenated alkanes) is 1. The summed E-state index contributed by atoms with van der Waals surface area (Å²) < 4.78 is 5.59. The number of hydrogen-bond donors (Lipinski definition) is 2. The van der Waals surface area contributed by atoms with E-state index in [9.17, 15) is 0 Å². The van der Waals surface area contributed by atoms with Crippen LogP contribution in [-0.4, -0.2) is 29.5 Å². The molecule has 1 rings (SSSR count). The molecule has 0 saturated carbocycles. The Kier molecular flexibility index (Phi) is 10.7. The van der Waals surface area contributed by atoms with Crippen molar-refractivity contribution in [3.8, 4) is 0 Å². The fraction of sp³-hybridized carbons (Fsp3) is 0.538. The van der Waals surface area contributed by atoms with Gasteiger partial charge in [0, 0.05) is 26.7 Å². The van der Waals surface area contributed by atoms with Crippen LogP contribution in [0.25, 0.3) is 0 Å². The van der Waals surface area contributed by atoms with E-state index in [2.05, 4.69) is 0 Å². The number of ether oxygens (including phenoxy) is 1. The van der Waals surface area contributed by atoms with Gasteiger partial charge in [-0.15, -0.1) is 0 Å². The molecule has 4 heteroatoms. The zero-order chi connectivity index (χ0) is 11.6. The third kappa shape index (κ3) is 7.63. The monoisotopic (exact) mass is 417 g/mol. The van der Waals surface area contributed by atoms with Gasteiger partial charge in [-0.1, -0.05) is 30.3 Å². The first kappa shape index (κ1) is 16.7. The number of aliphatic hydroxyl groups excluding tert-OH is 2. The van der Waals surface area contributed by atoms with Gasteiger partial charge in [-0.2, -0.15) is 0 Å². The molecule has 3 nitrogen and oxygen atoms in total. The van der Waals surface area contributed by atoms with Gasteiger partial charge in [-0.25, -0.2) is 0 Å². The zero-order valence-corrected chi connectivity index (χ0v) is 12.2. The third-order valence-electron chi connectivity index (χ3n) is 2.47. The Morgan fingerprint density at radius 2 is 1.76 bits per heavy atom. The third-order valence-corrected chi connectivity index (χ3v) is 2.47. The minimum Gasteiger partial charge on any atom is -0.396 e. The number of aliphatic hydroxyl groups is 2. The van der Waals surface area contributed by atoms with Crippen LogP contribution in [0, 0.1) is 0 Å². The molecule has 1 radical (unpaired) electrons. The summed E-state index contributed by atoms with van der Waals surface area (Å²) in [5, 5.41) is 17.8. The Hall–Kier alpha value is -0.251. The molecule has 0 heterocycles. The molecule has 99 valence electrons. The molecule has 0 amide bonds. The number of benzene rings is 1. The van der Waals surface area contributed by atoms with Crippen LogP contribution in [0.1, 0.15) is 24.8 Å². The van der Waals surface area contributed by atoms with Crippen LogP contribution >= 0.6 is 0 Å². The Bertz CT molecular complexity index is 267. The largest absolute Gasteiger partial charge is 0.396 e. The summed E-state index contributed by atoms with van der Waals surface area (Å²) in [6.45, 7) is 0.778. The van der Waals surface area contributed by atoms with Gasteiger partial charge in [0.1, 0.15) is 0 Å². The minimum absolute atomic E-state index is 0. The fourth-order valence-corrected chi connectivity index (χ4v) is 1.50. The van der Waals surface area contributed by atoms with Crippen LogP contribution in [0.2, 0.25) is 0 Å². The minimum atomic E-state index is -0.119. The van der Waals surface area contributed by atoms with Crippen LogP contribution in [0.3, 0.4) is 0 Å². The molecule has 0 aliphatic carbocycles. The van der Waals surface area contributed by atoms with Gasteiger partial charge in [0.15, 0.2) is 0 Å². The molecule has 0 aliphatic heterocycles. The van der Waals surface area contributed by atoms with E-state index in [1.807, 2.05) is 30.3 Å². The van der Waals surface area contributed by atoms with E-state index in [4.69, 9.17) is 14.9 Å². The number of rotatable bonds is 8. The van der Waals surface area contributed by atoms with Crippen LogP contribution < -0.4 is 0 Å². The van der Waals surface area contributed by atoms with Crippen LogP contribution in [-0.2, 0) is 31.4 Å². The fourth-order valence-electron chi connectivity index (χ4n) is 1.50. The summed E-state index contributed by atoms with van der Waals surface area (Å²) in [7, 11) is 0. The maximum absolute atomic E-state index is 9.12. The summed E-state index contributed by atoms with van der Waals surface area (Å²) in [4.78, 5) is 0. The van der Waals surface area contributed by atoms with Gasteiger partial charge in [0.05, 0.1) is 19.3 Å². The second kappa shape index (κ2) is 10.9. The Morgan fingerprint density at radius 1 is 1.06 bits per heavy atom. The van der Waals surface area contributed by atoms with Crippen LogP contribution in [0.15, 0.2) is 30.3 Å². The van der Waals surface area contributed by atoms with E-state index >= 15 is 0 Å². The van der Waals surface area contributed by atoms with Crippen LogP contribution in [0.5, 0.6) is 0 Å². The molecule has 17 heavy (non-hydrogen) atoms. The summed E-state index contributed by atoms with van der Waals surface area (Å²) in [5.74, 6) is 0. The summed E-state index contributed by atoms with van der Waals surface area (Å²) in [6.07, 6.45) is 2.33. The van der Waals surface area contributed by atoms with Crippen molar-refractivity contribution < 1.29 is 35.1 Å². The van der Waals surface area contributed by atoms with Gasteiger partial charge >= 0.3 is 0 Å². The molecule has 0 bridgehead atoms. The first-order valence-corrected chi connectivity index (χ1v) is 5.74. The van der Waals surface area contributed by atoms with E-state index < -0.39 is 0 Å². The van der Waals surface area contributed by atoms with E-state index in [0.29, 0.717) is 6.61 Å². The summed E-state index contributed by atoms with van der Waals surface area (Å²) in [5.41, 5.74) is 1.11. The molecule has 0 fully saturated rings. The summed E-state index contributed by atoms with van der Waals surface area (Å²) in [6, 6.07) is 9.91. The predicted molar refractivity (Wildman–Crippen MR) is 63.0 cm³/mol. The molecule has 0 aromatic heterocycles. The molecule has 1 atom stereocenters. The van der Waals surface area contributed by atoms with E-state index in [-0.39, 0.29) is 39.4 Å². The van der Waals surface area contributed by atoms with Crippen molar-refractivity contribution in [2.75, 3.05) is 13.2 Å². The molecular formula is C13H20IrO3. The van der Waals surface area contributed by atoms with Crippen molar-refractivity contribution in [1.29, 1.82) is 0 Å². The SMILES string of the molecule is OCCCCC(CO)OCc1ccccc1.[Ir]. The van der Waals surface area contributed by atoms with Crippen molar-refractivity contribution in [2.45, 2.75) is 32.0 Å². The van der Waals surface area contributed by atoms with Crippen molar-refractivity contribution in [2.24, 2.45) is 0 Å². The van der Waals surface area contributed by atoms with Crippen molar-refractivity contribution >= 4 is 0 Å². The quantitative estimate of drug-likeness (QED) is 0.635. The van der Waals surface area contributed by atoms with Crippen molar-refractivity contribution in [3.05, 3.63) is 35.9 Å². The van der Waals surface area contributed by atoms with Gasteiger partial charge in [-0.05, 0) is 24.8 Å². The first-order valence-electron chi connectivity index (χ1n) is 5.74. The van der Waals surface area contributed by atoms with Gasteiger partial charge in [0.25, 0.3) is 0 Å². The first-order chi connectivity index (χ1) is 7.86. The Balaban J connectivity index is 0.00000256. The van der Waals surface area contributed by atoms with E-state index in [1.54, 1.807) is 0 Å². The topological polar surface area (TPSA) is 49.7 Å². The van der Waals surface area contributed by atoms with Crippen molar-refractivity contribution in [3.63, 3.8) is 0 Å². The molecular weight excluding hydrogens is 396 g/mol. The molecule has 1 aromatic carbocycles. The molecule has 0 saturated heterocycles. The van der Waals surface area contributed by atoms with Gasteiger partial charge < -0.3 is 14.9 Å². The second-order valence-electron chi connectivity index (χ2n) is 3.82. The van der Waals surface area contributed by atoms with E-state index in [1.165, 1.54) is 0 Å². The molecule has 1 unspecified atom stereocenters. The standard InChI is InChI=1S/C13H20O3.Ir/c14-9-5-4-8-13(10-15)16-11-12-6-2-1-3-7-12;/h1-3,6-7,13-15H,4-5,8-11H2;. The van der Waals surface area contributed by atoms with Gasteiger partial charge in [-0.3, -0.25) is 0 Å². The maximum Gasteiger partial charge on any atom is 0.0810 e. The molecule has 1 aromatic rings. The predicted octanol–water partition coefficient (Wildman–Crippen LogP) is 1.72. The summed E-state index contributed by atoms with van der Waals surface area (Å²) >= 11 is 0. The number of hydrogen-bond acceptors (Lipinski definition) is 3. The van der Waals surface area contributed by atoms with Crippen molar-refractivity contribution in [1.82, 2.24) is 0 Å². The Labute approximate surface area is 116 Å². The zero-order valence-electron chi connectivity index (χ0n) is 9.84. The molecule has 0 spiro atoms. The molecule has 0 aliphatic rings. The van der Waals surface area contributed by atoms with Gasteiger partial charge in [0.2, 0.25) is 0 Å².